The molecule has 0 saturated carbocycles. The maximum absolute atomic E-state index is 12.8. The van der Waals surface area contributed by atoms with Gasteiger partial charge in [-0.15, -0.1) is 0 Å². The molecule has 0 radical (unpaired) electrons. The molecule has 28 heavy (non-hydrogen) atoms. The third kappa shape index (κ3) is 4.62. The number of hydrogen-bond acceptors (Lipinski definition) is 4. The molecule has 0 aliphatic carbocycles. The lowest BCUT2D eigenvalue weighted by molar-refractivity contribution is 0.0747. The second-order valence-electron chi connectivity index (χ2n) is 7.17. The standard InChI is InChI=1S/C20H28N4O3S/c1-3-24-19(11-13-21-24)20(25)23-14-7-10-18(12-15-23)22(2)28(26,27)16-17-8-5-4-6-9-17/h4-6,8-9,11,13,18H,3,7,10,12,14-16H2,1-2H3. The quantitative estimate of drug-likeness (QED) is 0.741. The van der Waals surface area contributed by atoms with Crippen LogP contribution in [0.25, 0.3) is 0 Å². The predicted molar refractivity (Wildman–Crippen MR) is 108 cm³/mol. The van der Waals surface area contributed by atoms with Gasteiger partial charge in [-0.3, -0.25) is 9.48 Å². The molecule has 1 unspecified atom stereocenters. The molecule has 1 fully saturated rings. The minimum absolute atomic E-state index is 0.000824. The molecule has 1 aromatic heterocycles. The first-order valence-corrected chi connectivity index (χ1v) is 11.3. The molecule has 0 bridgehead atoms. The number of sulfonamides is 1. The summed E-state index contributed by atoms with van der Waals surface area (Å²) in [7, 11) is -1.75. The maximum atomic E-state index is 12.8. The number of carbonyl (C=O) groups is 1. The molecule has 2 aromatic rings. The zero-order valence-electron chi connectivity index (χ0n) is 16.5. The number of carbonyl (C=O) groups excluding carboxylic acids is 1. The minimum atomic E-state index is -3.41. The maximum Gasteiger partial charge on any atom is 0.272 e. The van der Waals surface area contributed by atoms with Gasteiger partial charge in [-0.05, 0) is 37.8 Å². The van der Waals surface area contributed by atoms with E-state index in [1.54, 1.807) is 24.0 Å². The topological polar surface area (TPSA) is 75.5 Å². The lowest BCUT2D eigenvalue weighted by Crippen LogP contribution is -2.39. The van der Waals surface area contributed by atoms with Crippen LogP contribution in [0.1, 0.15) is 42.2 Å². The Morgan fingerprint density at radius 1 is 1.18 bits per heavy atom. The van der Waals surface area contributed by atoms with Crippen molar-refractivity contribution in [2.75, 3.05) is 20.1 Å². The lowest BCUT2D eigenvalue weighted by Gasteiger charge is -2.27. The van der Waals surface area contributed by atoms with Crippen LogP contribution < -0.4 is 0 Å². The van der Waals surface area contributed by atoms with Crippen LogP contribution in [0.2, 0.25) is 0 Å². The molecule has 1 aromatic carbocycles. The van der Waals surface area contributed by atoms with Crippen LogP contribution >= 0.6 is 0 Å². The highest BCUT2D eigenvalue weighted by Gasteiger charge is 2.30. The Hall–Kier alpha value is -2.19. The van der Waals surface area contributed by atoms with Gasteiger partial charge in [-0.2, -0.15) is 5.10 Å². The fraction of sp³-hybridized carbons (Fsp3) is 0.500. The van der Waals surface area contributed by atoms with Crippen molar-refractivity contribution in [1.29, 1.82) is 0 Å². The van der Waals surface area contributed by atoms with Gasteiger partial charge in [0.05, 0.1) is 5.75 Å². The second-order valence-corrected chi connectivity index (χ2v) is 9.20. The van der Waals surface area contributed by atoms with E-state index in [4.69, 9.17) is 0 Å². The Kier molecular flexibility index (Phi) is 6.51. The summed E-state index contributed by atoms with van der Waals surface area (Å²) in [6.07, 6.45) is 3.81. The molecule has 0 spiro atoms. The van der Waals surface area contributed by atoms with Crippen molar-refractivity contribution in [1.82, 2.24) is 19.0 Å². The van der Waals surface area contributed by atoms with E-state index in [1.807, 2.05) is 42.2 Å². The summed E-state index contributed by atoms with van der Waals surface area (Å²) in [5, 5.41) is 4.17. The summed E-state index contributed by atoms with van der Waals surface area (Å²) in [6.45, 7) is 3.78. The minimum Gasteiger partial charge on any atom is -0.337 e. The molecule has 0 N–H and O–H groups in total. The zero-order chi connectivity index (χ0) is 20.1. The molecule has 1 aliphatic rings. The highest BCUT2D eigenvalue weighted by Crippen LogP contribution is 2.21. The smallest absolute Gasteiger partial charge is 0.272 e. The van der Waals surface area contributed by atoms with Gasteiger partial charge >= 0.3 is 0 Å². The molecule has 7 nitrogen and oxygen atoms in total. The van der Waals surface area contributed by atoms with E-state index in [0.717, 1.165) is 18.4 Å². The molecule has 1 aliphatic heterocycles. The Labute approximate surface area is 167 Å². The van der Waals surface area contributed by atoms with Gasteiger partial charge in [-0.1, -0.05) is 30.3 Å². The van der Waals surface area contributed by atoms with E-state index in [2.05, 4.69) is 5.10 Å². The fourth-order valence-corrected chi connectivity index (χ4v) is 5.17. The number of nitrogens with zero attached hydrogens (tertiary/aromatic N) is 4. The van der Waals surface area contributed by atoms with E-state index < -0.39 is 10.0 Å². The first-order valence-electron chi connectivity index (χ1n) is 9.73. The number of benzene rings is 1. The fourth-order valence-electron chi connectivity index (χ4n) is 3.69. The Bertz CT molecular complexity index is 895. The molecule has 1 atom stereocenters. The van der Waals surface area contributed by atoms with E-state index in [-0.39, 0.29) is 17.7 Å². The summed E-state index contributed by atoms with van der Waals surface area (Å²) in [5.74, 6) is -0.0334. The molecule has 3 rings (SSSR count). The van der Waals surface area contributed by atoms with Crippen molar-refractivity contribution in [3.63, 3.8) is 0 Å². The normalized spacial score (nSPS) is 18.2. The number of aryl methyl sites for hydroxylation is 1. The average molecular weight is 405 g/mol. The van der Waals surface area contributed by atoms with Crippen LogP contribution in [0.4, 0.5) is 0 Å². The molecular weight excluding hydrogens is 376 g/mol. The molecule has 8 heteroatoms. The van der Waals surface area contributed by atoms with Gasteiger partial charge in [-0.25, -0.2) is 12.7 Å². The van der Waals surface area contributed by atoms with Crippen LogP contribution in [0.5, 0.6) is 0 Å². The van der Waals surface area contributed by atoms with Crippen LogP contribution in [-0.2, 0) is 22.3 Å². The van der Waals surface area contributed by atoms with Crippen LogP contribution in [-0.4, -0.2) is 59.5 Å². The Morgan fingerprint density at radius 3 is 2.64 bits per heavy atom. The summed E-state index contributed by atoms with van der Waals surface area (Å²) < 4.78 is 28.9. The summed E-state index contributed by atoms with van der Waals surface area (Å²) in [5.41, 5.74) is 1.37. The van der Waals surface area contributed by atoms with E-state index in [0.29, 0.717) is 31.7 Å². The number of rotatable bonds is 6. The lowest BCUT2D eigenvalue weighted by atomic mass is 10.1. The molecule has 1 amide bonds. The van der Waals surface area contributed by atoms with Crippen LogP contribution in [0.15, 0.2) is 42.6 Å². The van der Waals surface area contributed by atoms with Crippen LogP contribution in [0, 0.1) is 0 Å². The predicted octanol–water partition coefficient (Wildman–Crippen LogP) is 2.36. The molecule has 152 valence electrons. The molecule has 2 heterocycles. The van der Waals surface area contributed by atoms with Gasteiger partial charge in [0.15, 0.2) is 0 Å². The van der Waals surface area contributed by atoms with Crippen molar-refractivity contribution < 1.29 is 13.2 Å². The third-order valence-corrected chi connectivity index (χ3v) is 7.24. The molecular formula is C20H28N4O3S. The van der Waals surface area contributed by atoms with Crippen molar-refractivity contribution in [2.45, 2.75) is 44.5 Å². The van der Waals surface area contributed by atoms with E-state index >= 15 is 0 Å². The van der Waals surface area contributed by atoms with E-state index in [9.17, 15) is 13.2 Å². The Balaban J connectivity index is 1.65. The van der Waals surface area contributed by atoms with Gasteiger partial charge in [0.2, 0.25) is 10.0 Å². The number of aromatic nitrogens is 2. The summed E-state index contributed by atoms with van der Waals surface area (Å²) in [6, 6.07) is 10.9. The molecule has 1 saturated heterocycles. The van der Waals surface area contributed by atoms with Crippen LogP contribution in [0.3, 0.4) is 0 Å². The zero-order valence-corrected chi connectivity index (χ0v) is 17.3. The number of likely N-dealkylation sites (tertiary alicyclic amines) is 1. The average Bonchev–Trinajstić information content (AvgIpc) is 3.03. The van der Waals surface area contributed by atoms with Crippen molar-refractivity contribution >= 4 is 15.9 Å². The third-order valence-electron chi connectivity index (χ3n) is 5.36. The Morgan fingerprint density at radius 2 is 1.93 bits per heavy atom. The first kappa shape index (κ1) is 20.5. The summed E-state index contributed by atoms with van der Waals surface area (Å²) in [4.78, 5) is 14.7. The second kappa shape index (κ2) is 8.87. The van der Waals surface area contributed by atoms with Gasteiger partial charge < -0.3 is 4.90 Å². The van der Waals surface area contributed by atoms with Crippen molar-refractivity contribution in [3.8, 4) is 0 Å². The number of amides is 1. The highest BCUT2D eigenvalue weighted by atomic mass is 32.2. The van der Waals surface area contributed by atoms with Gasteiger partial charge in [0, 0.05) is 38.9 Å². The SMILES string of the molecule is CCn1nccc1C(=O)N1CCCC(N(C)S(=O)(=O)Cc2ccccc2)CC1. The number of hydrogen-bond donors (Lipinski definition) is 0. The van der Waals surface area contributed by atoms with E-state index in [1.165, 1.54) is 4.31 Å². The van der Waals surface area contributed by atoms with Crippen molar-refractivity contribution in [3.05, 3.63) is 53.9 Å². The van der Waals surface area contributed by atoms with Crippen molar-refractivity contribution in [2.24, 2.45) is 0 Å². The van der Waals surface area contributed by atoms with Gasteiger partial charge in [0.1, 0.15) is 5.69 Å². The van der Waals surface area contributed by atoms with Gasteiger partial charge in [0.25, 0.3) is 5.91 Å². The summed E-state index contributed by atoms with van der Waals surface area (Å²) >= 11 is 0. The highest BCUT2D eigenvalue weighted by molar-refractivity contribution is 7.88. The first-order chi connectivity index (χ1) is 13.4. The largest absolute Gasteiger partial charge is 0.337 e. The monoisotopic (exact) mass is 404 g/mol.